The number of benzene rings is 1. The molecule has 1 aromatic carbocycles. The lowest BCUT2D eigenvalue weighted by atomic mass is 10.3. The number of piperazine rings is 1. The smallest absolute Gasteiger partial charge is 0.260 e. The van der Waals surface area contributed by atoms with E-state index in [4.69, 9.17) is 39.5 Å². The summed E-state index contributed by atoms with van der Waals surface area (Å²) in [7, 11) is 0. The van der Waals surface area contributed by atoms with E-state index in [1.807, 2.05) is 0 Å². The van der Waals surface area contributed by atoms with Crippen LogP contribution >= 0.6 is 34.8 Å². The summed E-state index contributed by atoms with van der Waals surface area (Å²) in [6.07, 6.45) is 0. The van der Waals surface area contributed by atoms with Gasteiger partial charge in [-0.25, -0.2) is 0 Å². The summed E-state index contributed by atoms with van der Waals surface area (Å²) in [5.74, 6) is 0.152. The Kier molecular flexibility index (Phi) is 6.39. The molecule has 0 radical (unpaired) electrons. The molecule has 1 unspecified atom stereocenters. The predicted molar refractivity (Wildman–Crippen MR) is 90.4 cm³/mol. The van der Waals surface area contributed by atoms with Crippen molar-refractivity contribution in [3.8, 4) is 5.75 Å². The zero-order valence-corrected chi connectivity index (χ0v) is 14.9. The molecule has 0 aliphatic carbocycles. The van der Waals surface area contributed by atoms with Gasteiger partial charge in [0.15, 0.2) is 6.61 Å². The van der Waals surface area contributed by atoms with Crippen LogP contribution in [0, 0.1) is 0 Å². The molecular formula is C15H17Cl3N2O3. The van der Waals surface area contributed by atoms with Crippen LogP contribution in [0.3, 0.4) is 0 Å². The number of ether oxygens (including phenoxy) is 1. The second-order valence-corrected chi connectivity index (χ2v) is 6.68. The van der Waals surface area contributed by atoms with Crippen LogP contribution < -0.4 is 4.74 Å². The van der Waals surface area contributed by atoms with Gasteiger partial charge in [0.05, 0.1) is 5.02 Å². The highest BCUT2D eigenvalue weighted by molar-refractivity contribution is 6.35. The van der Waals surface area contributed by atoms with Crippen LogP contribution in [-0.4, -0.2) is 59.8 Å². The van der Waals surface area contributed by atoms with Crippen molar-refractivity contribution >= 4 is 46.6 Å². The summed E-state index contributed by atoms with van der Waals surface area (Å²) >= 11 is 17.6. The molecule has 1 heterocycles. The van der Waals surface area contributed by atoms with E-state index in [1.165, 1.54) is 0 Å². The van der Waals surface area contributed by atoms with E-state index in [-0.39, 0.29) is 18.4 Å². The van der Waals surface area contributed by atoms with E-state index in [2.05, 4.69) is 0 Å². The third-order valence-corrected chi connectivity index (χ3v) is 4.25. The Bertz CT molecular complexity index is 587. The average molecular weight is 380 g/mol. The molecule has 2 amide bonds. The monoisotopic (exact) mass is 378 g/mol. The van der Waals surface area contributed by atoms with Crippen molar-refractivity contribution in [2.24, 2.45) is 0 Å². The van der Waals surface area contributed by atoms with Gasteiger partial charge < -0.3 is 14.5 Å². The van der Waals surface area contributed by atoms with Crippen molar-refractivity contribution < 1.29 is 14.3 Å². The fourth-order valence-electron chi connectivity index (χ4n) is 2.25. The maximum absolute atomic E-state index is 12.2. The van der Waals surface area contributed by atoms with Crippen LogP contribution in [0.1, 0.15) is 6.92 Å². The van der Waals surface area contributed by atoms with Gasteiger partial charge in [-0.05, 0) is 25.1 Å². The minimum absolute atomic E-state index is 0.108. The van der Waals surface area contributed by atoms with E-state index in [0.29, 0.717) is 42.0 Å². The summed E-state index contributed by atoms with van der Waals surface area (Å²) in [5.41, 5.74) is 0. The van der Waals surface area contributed by atoms with Gasteiger partial charge in [-0.15, -0.1) is 11.6 Å². The molecule has 1 aromatic rings. The van der Waals surface area contributed by atoms with E-state index >= 15 is 0 Å². The molecule has 2 rings (SSSR count). The van der Waals surface area contributed by atoms with Gasteiger partial charge in [-0.3, -0.25) is 9.59 Å². The molecule has 1 aliphatic rings. The lowest BCUT2D eigenvalue weighted by molar-refractivity contribution is -0.140. The summed E-state index contributed by atoms with van der Waals surface area (Å²) in [4.78, 5) is 27.3. The second-order valence-electron chi connectivity index (χ2n) is 5.19. The third kappa shape index (κ3) is 4.90. The van der Waals surface area contributed by atoms with Gasteiger partial charge >= 0.3 is 0 Å². The Morgan fingerprint density at radius 3 is 2.35 bits per heavy atom. The molecule has 1 atom stereocenters. The molecule has 1 aliphatic heterocycles. The van der Waals surface area contributed by atoms with Crippen molar-refractivity contribution in [1.82, 2.24) is 9.80 Å². The number of carbonyl (C=O) groups excluding carboxylic acids is 2. The quantitative estimate of drug-likeness (QED) is 0.756. The van der Waals surface area contributed by atoms with Crippen molar-refractivity contribution in [3.63, 3.8) is 0 Å². The largest absolute Gasteiger partial charge is 0.482 e. The van der Waals surface area contributed by atoms with Gasteiger partial charge in [-0.1, -0.05) is 23.2 Å². The van der Waals surface area contributed by atoms with E-state index < -0.39 is 5.38 Å². The molecule has 0 bridgehead atoms. The second kappa shape index (κ2) is 8.08. The number of hydrogen-bond acceptors (Lipinski definition) is 3. The highest BCUT2D eigenvalue weighted by atomic mass is 35.5. The number of amides is 2. The highest BCUT2D eigenvalue weighted by Crippen LogP contribution is 2.27. The SMILES string of the molecule is CC(Cl)C(=O)N1CCN(C(=O)COc2ccc(Cl)cc2Cl)CC1. The molecule has 126 valence electrons. The minimum Gasteiger partial charge on any atom is -0.482 e. The van der Waals surface area contributed by atoms with Crippen molar-refractivity contribution in [1.29, 1.82) is 0 Å². The predicted octanol–water partition coefficient (Wildman–Crippen LogP) is 2.67. The Hall–Kier alpha value is -1.17. The zero-order valence-electron chi connectivity index (χ0n) is 12.6. The summed E-state index contributed by atoms with van der Waals surface area (Å²) in [5, 5.41) is 0.312. The number of rotatable bonds is 4. The minimum atomic E-state index is -0.548. The Morgan fingerprint density at radius 2 is 1.78 bits per heavy atom. The molecule has 1 saturated heterocycles. The van der Waals surface area contributed by atoms with Gasteiger partial charge in [0, 0.05) is 31.2 Å². The molecule has 8 heteroatoms. The van der Waals surface area contributed by atoms with E-state index in [0.717, 1.165) is 0 Å². The fourth-order valence-corrected chi connectivity index (χ4v) is 2.85. The number of halogens is 3. The molecular weight excluding hydrogens is 363 g/mol. The Labute approximate surface area is 150 Å². The van der Waals surface area contributed by atoms with E-state index in [1.54, 1.807) is 34.9 Å². The fraction of sp³-hybridized carbons (Fsp3) is 0.467. The first-order chi connectivity index (χ1) is 10.9. The number of hydrogen-bond donors (Lipinski definition) is 0. The molecule has 0 aromatic heterocycles. The third-order valence-electron chi connectivity index (χ3n) is 3.53. The Balaban J connectivity index is 1.82. The first-order valence-electron chi connectivity index (χ1n) is 7.17. The van der Waals surface area contributed by atoms with Crippen LogP contribution in [0.25, 0.3) is 0 Å². The number of alkyl halides is 1. The summed E-state index contributed by atoms with van der Waals surface area (Å²) in [6, 6.07) is 4.82. The van der Waals surface area contributed by atoms with Crippen LogP contribution in [0.5, 0.6) is 5.75 Å². The van der Waals surface area contributed by atoms with Crippen LogP contribution in [-0.2, 0) is 9.59 Å². The van der Waals surface area contributed by atoms with Gasteiger partial charge in [0.1, 0.15) is 11.1 Å². The van der Waals surface area contributed by atoms with E-state index in [9.17, 15) is 9.59 Å². The summed E-state index contributed by atoms with van der Waals surface area (Å²) in [6.45, 7) is 3.41. The van der Waals surface area contributed by atoms with Gasteiger partial charge in [0.25, 0.3) is 5.91 Å². The molecule has 0 saturated carbocycles. The van der Waals surface area contributed by atoms with Crippen molar-refractivity contribution in [2.75, 3.05) is 32.8 Å². The molecule has 0 spiro atoms. The van der Waals surface area contributed by atoms with Crippen LogP contribution in [0.15, 0.2) is 18.2 Å². The maximum atomic E-state index is 12.2. The molecule has 1 fully saturated rings. The molecule has 5 nitrogen and oxygen atoms in total. The Morgan fingerprint density at radius 1 is 1.17 bits per heavy atom. The molecule has 0 N–H and O–H groups in total. The average Bonchev–Trinajstić information content (AvgIpc) is 2.53. The number of nitrogens with zero attached hydrogens (tertiary/aromatic N) is 2. The summed E-state index contributed by atoms with van der Waals surface area (Å²) < 4.78 is 5.44. The van der Waals surface area contributed by atoms with Crippen molar-refractivity contribution in [2.45, 2.75) is 12.3 Å². The maximum Gasteiger partial charge on any atom is 0.260 e. The van der Waals surface area contributed by atoms with Crippen LogP contribution in [0.4, 0.5) is 0 Å². The van der Waals surface area contributed by atoms with Crippen LogP contribution in [0.2, 0.25) is 10.0 Å². The number of carbonyl (C=O) groups is 2. The highest BCUT2D eigenvalue weighted by Gasteiger charge is 2.26. The standard InChI is InChI=1S/C15H17Cl3N2O3/c1-10(16)15(22)20-6-4-19(5-7-20)14(21)9-23-13-3-2-11(17)8-12(13)18/h2-3,8,10H,4-7,9H2,1H3. The first kappa shape index (κ1) is 18.2. The lowest BCUT2D eigenvalue weighted by Crippen LogP contribution is -2.52. The first-order valence-corrected chi connectivity index (χ1v) is 8.36. The normalized spacial score (nSPS) is 16.2. The van der Waals surface area contributed by atoms with Gasteiger partial charge in [0.2, 0.25) is 5.91 Å². The van der Waals surface area contributed by atoms with Gasteiger partial charge in [-0.2, -0.15) is 0 Å². The zero-order chi connectivity index (χ0) is 17.0. The molecule has 23 heavy (non-hydrogen) atoms. The van der Waals surface area contributed by atoms with Crippen molar-refractivity contribution in [3.05, 3.63) is 28.2 Å². The lowest BCUT2D eigenvalue weighted by Gasteiger charge is -2.35. The topological polar surface area (TPSA) is 49.9 Å².